The average molecular weight is 255 g/mol. The standard InChI is InChI=1S/C14H19F2NO/c1-11-13(2,8-9-18-11)17-10-14(15,16)12-6-4-3-5-7-12/h3-7,11,17H,8-10H2,1-2H3. The van der Waals surface area contributed by atoms with Crippen LogP contribution in [0.4, 0.5) is 8.78 Å². The molecular formula is C14H19F2NO. The smallest absolute Gasteiger partial charge is 0.285 e. The minimum absolute atomic E-state index is 0.0379. The molecule has 4 heteroatoms. The van der Waals surface area contributed by atoms with Gasteiger partial charge in [-0.1, -0.05) is 30.3 Å². The molecule has 2 unspecified atom stereocenters. The molecule has 0 aliphatic carbocycles. The topological polar surface area (TPSA) is 21.3 Å². The third-order valence-electron chi connectivity index (χ3n) is 3.80. The van der Waals surface area contributed by atoms with Gasteiger partial charge in [0.05, 0.1) is 12.6 Å². The third-order valence-corrected chi connectivity index (χ3v) is 3.80. The van der Waals surface area contributed by atoms with Crippen LogP contribution in [0, 0.1) is 0 Å². The van der Waals surface area contributed by atoms with Gasteiger partial charge < -0.3 is 10.1 Å². The highest BCUT2D eigenvalue weighted by Crippen LogP contribution is 2.30. The minimum atomic E-state index is -2.85. The summed E-state index contributed by atoms with van der Waals surface area (Å²) in [4.78, 5) is 0. The van der Waals surface area contributed by atoms with Crippen molar-refractivity contribution in [2.75, 3.05) is 13.2 Å². The van der Waals surface area contributed by atoms with Crippen LogP contribution in [0.5, 0.6) is 0 Å². The number of nitrogens with one attached hydrogen (secondary N) is 1. The Morgan fingerprint density at radius 2 is 2.06 bits per heavy atom. The quantitative estimate of drug-likeness (QED) is 0.893. The lowest BCUT2D eigenvalue weighted by atomic mass is 9.94. The summed E-state index contributed by atoms with van der Waals surface area (Å²) in [5.41, 5.74) is -0.314. The van der Waals surface area contributed by atoms with E-state index in [9.17, 15) is 8.78 Å². The molecule has 1 aliphatic rings. The first-order chi connectivity index (χ1) is 8.44. The lowest BCUT2D eigenvalue weighted by molar-refractivity contribution is -0.0153. The monoisotopic (exact) mass is 255 g/mol. The highest BCUT2D eigenvalue weighted by atomic mass is 19.3. The first-order valence-corrected chi connectivity index (χ1v) is 6.24. The van der Waals surface area contributed by atoms with Gasteiger partial charge in [-0.15, -0.1) is 0 Å². The molecule has 1 aromatic carbocycles. The minimum Gasteiger partial charge on any atom is -0.377 e. The second kappa shape index (κ2) is 4.94. The maximum absolute atomic E-state index is 14.0. The second-order valence-corrected chi connectivity index (χ2v) is 5.10. The Kier molecular flexibility index (Phi) is 3.69. The number of ether oxygens (including phenoxy) is 1. The molecule has 2 atom stereocenters. The summed E-state index contributed by atoms with van der Waals surface area (Å²) < 4.78 is 33.4. The average Bonchev–Trinajstić information content (AvgIpc) is 2.69. The number of hydrogen-bond donors (Lipinski definition) is 1. The van der Waals surface area contributed by atoms with E-state index in [2.05, 4.69) is 5.32 Å². The zero-order chi connectivity index (χ0) is 13.2. The fraction of sp³-hybridized carbons (Fsp3) is 0.571. The summed E-state index contributed by atoms with van der Waals surface area (Å²) in [5, 5.41) is 2.97. The fourth-order valence-electron chi connectivity index (χ4n) is 2.16. The lowest BCUT2D eigenvalue weighted by Crippen LogP contribution is -2.51. The Bertz CT molecular complexity index is 396. The van der Waals surface area contributed by atoms with Crippen LogP contribution in [0.2, 0.25) is 0 Å². The van der Waals surface area contributed by atoms with E-state index < -0.39 is 5.92 Å². The number of hydrogen-bond acceptors (Lipinski definition) is 2. The maximum Gasteiger partial charge on any atom is 0.285 e. The van der Waals surface area contributed by atoms with Crippen LogP contribution in [-0.4, -0.2) is 24.8 Å². The predicted octanol–water partition coefficient (Wildman–Crippen LogP) is 2.94. The Hall–Kier alpha value is -1.00. The van der Waals surface area contributed by atoms with Gasteiger partial charge in [0.25, 0.3) is 5.92 Å². The van der Waals surface area contributed by atoms with Crippen LogP contribution >= 0.6 is 0 Å². The molecule has 1 aliphatic heterocycles. The first kappa shape index (κ1) is 13.4. The van der Waals surface area contributed by atoms with Crippen LogP contribution in [0.25, 0.3) is 0 Å². The van der Waals surface area contributed by atoms with Crippen LogP contribution in [-0.2, 0) is 10.7 Å². The molecule has 1 heterocycles. The first-order valence-electron chi connectivity index (χ1n) is 6.24. The van der Waals surface area contributed by atoms with E-state index in [1.807, 2.05) is 13.8 Å². The van der Waals surface area contributed by atoms with Gasteiger partial charge >= 0.3 is 0 Å². The molecular weight excluding hydrogens is 236 g/mol. The van der Waals surface area contributed by atoms with Crippen molar-refractivity contribution < 1.29 is 13.5 Å². The second-order valence-electron chi connectivity index (χ2n) is 5.10. The van der Waals surface area contributed by atoms with E-state index in [1.165, 1.54) is 12.1 Å². The van der Waals surface area contributed by atoms with Crippen molar-refractivity contribution in [3.8, 4) is 0 Å². The van der Waals surface area contributed by atoms with E-state index in [0.29, 0.717) is 6.61 Å². The number of benzene rings is 1. The van der Waals surface area contributed by atoms with Crippen molar-refractivity contribution in [3.63, 3.8) is 0 Å². The predicted molar refractivity (Wildman–Crippen MR) is 66.8 cm³/mol. The van der Waals surface area contributed by atoms with Crippen molar-refractivity contribution in [2.45, 2.75) is 37.8 Å². The molecule has 1 aromatic rings. The normalized spacial score (nSPS) is 28.6. The van der Waals surface area contributed by atoms with E-state index >= 15 is 0 Å². The van der Waals surface area contributed by atoms with Crippen LogP contribution in [0.1, 0.15) is 25.8 Å². The van der Waals surface area contributed by atoms with Crippen molar-refractivity contribution in [2.24, 2.45) is 0 Å². The molecule has 0 aromatic heterocycles. The van der Waals surface area contributed by atoms with Gasteiger partial charge in [0.1, 0.15) is 0 Å². The summed E-state index contributed by atoms with van der Waals surface area (Å²) in [5.74, 6) is -2.85. The van der Waals surface area contributed by atoms with Gasteiger partial charge in [-0.05, 0) is 20.3 Å². The molecule has 2 rings (SSSR count). The van der Waals surface area contributed by atoms with Crippen molar-refractivity contribution in [1.82, 2.24) is 5.32 Å². The van der Waals surface area contributed by atoms with Gasteiger partial charge in [-0.2, -0.15) is 8.78 Å². The van der Waals surface area contributed by atoms with Gasteiger partial charge in [0.2, 0.25) is 0 Å². The molecule has 0 radical (unpaired) electrons. The van der Waals surface area contributed by atoms with E-state index in [0.717, 1.165) is 6.42 Å². The Balaban J connectivity index is 2.01. The number of halogens is 2. The van der Waals surface area contributed by atoms with Crippen molar-refractivity contribution in [3.05, 3.63) is 35.9 Å². The largest absolute Gasteiger partial charge is 0.377 e. The van der Waals surface area contributed by atoms with Crippen LogP contribution in [0.15, 0.2) is 30.3 Å². The van der Waals surface area contributed by atoms with Crippen molar-refractivity contribution >= 4 is 0 Å². The fourth-order valence-corrected chi connectivity index (χ4v) is 2.16. The summed E-state index contributed by atoms with van der Waals surface area (Å²) in [7, 11) is 0. The summed E-state index contributed by atoms with van der Waals surface area (Å²) in [6.45, 7) is 4.12. The molecule has 1 fully saturated rings. The Morgan fingerprint density at radius 3 is 2.61 bits per heavy atom. The molecule has 0 bridgehead atoms. The van der Waals surface area contributed by atoms with Gasteiger partial charge in [-0.3, -0.25) is 0 Å². The molecule has 100 valence electrons. The summed E-state index contributed by atoms with van der Waals surface area (Å²) in [6, 6.07) is 7.91. The highest BCUT2D eigenvalue weighted by Gasteiger charge is 2.40. The van der Waals surface area contributed by atoms with E-state index in [4.69, 9.17) is 4.74 Å². The van der Waals surface area contributed by atoms with Crippen LogP contribution in [0.3, 0.4) is 0 Å². The number of alkyl halides is 2. The molecule has 0 saturated carbocycles. The molecule has 0 spiro atoms. The van der Waals surface area contributed by atoms with Crippen LogP contribution < -0.4 is 5.32 Å². The Morgan fingerprint density at radius 1 is 1.39 bits per heavy atom. The summed E-state index contributed by atoms with van der Waals surface area (Å²) in [6.07, 6.45) is 0.725. The number of rotatable bonds is 4. The molecule has 1 saturated heterocycles. The third kappa shape index (κ3) is 2.70. The lowest BCUT2D eigenvalue weighted by Gasteiger charge is -2.31. The SMILES string of the molecule is CC1OCCC1(C)NCC(F)(F)c1ccccc1. The highest BCUT2D eigenvalue weighted by molar-refractivity contribution is 5.20. The molecule has 2 nitrogen and oxygen atoms in total. The Labute approximate surface area is 106 Å². The van der Waals surface area contributed by atoms with Crippen molar-refractivity contribution in [1.29, 1.82) is 0 Å². The van der Waals surface area contributed by atoms with E-state index in [1.54, 1.807) is 18.2 Å². The maximum atomic E-state index is 14.0. The van der Waals surface area contributed by atoms with Gasteiger partial charge in [0, 0.05) is 17.7 Å². The molecule has 1 N–H and O–H groups in total. The van der Waals surface area contributed by atoms with Gasteiger partial charge in [0.15, 0.2) is 0 Å². The zero-order valence-electron chi connectivity index (χ0n) is 10.7. The molecule has 18 heavy (non-hydrogen) atoms. The molecule has 0 amide bonds. The van der Waals surface area contributed by atoms with Gasteiger partial charge in [-0.25, -0.2) is 0 Å². The zero-order valence-corrected chi connectivity index (χ0v) is 10.7. The van der Waals surface area contributed by atoms with E-state index in [-0.39, 0.29) is 23.8 Å². The summed E-state index contributed by atoms with van der Waals surface area (Å²) >= 11 is 0.